The van der Waals surface area contributed by atoms with Gasteiger partial charge in [0.05, 0.1) is 6.54 Å². The zero-order valence-electron chi connectivity index (χ0n) is 14.3. The van der Waals surface area contributed by atoms with Gasteiger partial charge in [0.1, 0.15) is 18.3 Å². The minimum absolute atomic E-state index is 0.0570. The number of carbonyl (C=O) groups is 2. The van der Waals surface area contributed by atoms with Crippen LogP contribution >= 0.6 is 0 Å². The second-order valence-corrected chi connectivity index (χ2v) is 7.70. The van der Waals surface area contributed by atoms with Gasteiger partial charge in [-0.1, -0.05) is 0 Å². The van der Waals surface area contributed by atoms with Crippen molar-refractivity contribution in [3.05, 3.63) is 0 Å². The third-order valence-corrected chi connectivity index (χ3v) is 4.90. The first-order chi connectivity index (χ1) is 11.1. The van der Waals surface area contributed by atoms with Crippen molar-refractivity contribution in [2.45, 2.75) is 82.3 Å². The molecule has 8 heteroatoms. The van der Waals surface area contributed by atoms with E-state index < -0.39 is 41.8 Å². The number of hydrogen-bond acceptors (Lipinski definition) is 7. The highest BCUT2D eigenvalue weighted by Crippen LogP contribution is 2.48. The molecule has 0 aromatic heterocycles. The molecular weight excluding hydrogens is 318 g/mol. The molecule has 0 aliphatic carbocycles. The second kappa shape index (κ2) is 4.98. The number of carbonyl (C=O) groups excluding carboxylic acids is 2. The molecule has 0 unspecified atom stereocenters. The summed E-state index contributed by atoms with van der Waals surface area (Å²) in [5.41, 5.74) is -1.29. The topological polar surface area (TPSA) is 92.3 Å². The van der Waals surface area contributed by atoms with E-state index in [1.165, 1.54) is 0 Å². The van der Waals surface area contributed by atoms with Crippen molar-refractivity contribution in [3.63, 3.8) is 0 Å². The molecule has 1 N–H and O–H groups in total. The van der Waals surface area contributed by atoms with Crippen molar-refractivity contribution in [3.8, 4) is 0 Å². The van der Waals surface area contributed by atoms with Crippen LogP contribution in [0.4, 0.5) is 0 Å². The van der Waals surface area contributed by atoms with Gasteiger partial charge in [-0.3, -0.25) is 9.59 Å². The molecule has 0 bridgehead atoms. The fourth-order valence-corrected chi connectivity index (χ4v) is 4.04. The third-order valence-electron chi connectivity index (χ3n) is 4.90. The van der Waals surface area contributed by atoms with Gasteiger partial charge in [-0.2, -0.15) is 0 Å². The van der Waals surface area contributed by atoms with E-state index >= 15 is 0 Å². The monoisotopic (exact) mass is 341 g/mol. The maximum absolute atomic E-state index is 12.9. The molecule has 1 amide bonds. The van der Waals surface area contributed by atoms with Crippen molar-refractivity contribution >= 4 is 11.7 Å². The van der Waals surface area contributed by atoms with E-state index in [1.54, 1.807) is 27.7 Å². The third kappa shape index (κ3) is 2.40. The van der Waals surface area contributed by atoms with E-state index in [1.807, 2.05) is 0 Å². The van der Waals surface area contributed by atoms with E-state index in [2.05, 4.69) is 5.32 Å². The number of ketones is 1. The van der Waals surface area contributed by atoms with Gasteiger partial charge < -0.3 is 29.0 Å². The van der Waals surface area contributed by atoms with Crippen LogP contribution in [0.5, 0.6) is 0 Å². The molecule has 4 fully saturated rings. The smallest absolute Gasteiger partial charge is 0.220 e. The first-order valence-electron chi connectivity index (χ1n) is 8.31. The molecule has 8 nitrogen and oxygen atoms in total. The van der Waals surface area contributed by atoms with Gasteiger partial charge in [-0.15, -0.1) is 0 Å². The maximum Gasteiger partial charge on any atom is 0.220 e. The minimum atomic E-state index is -1.29. The normalized spacial score (nSPS) is 46.3. The first-order valence-corrected chi connectivity index (χ1v) is 8.31. The Morgan fingerprint density at radius 1 is 0.958 bits per heavy atom. The largest absolute Gasteiger partial charge is 0.353 e. The summed E-state index contributed by atoms with van der Waals surface area (Å²) in [5.74, 6) is -2.12. The summed E-state index contributed by atoms with van der Waals surface area (Å²) >= 11 is 0. The van der Waals surface area contributed by atoms with Crippen molar-refractivity contribution in [2.75, 3.05) is 6.54 Å². The van der Waals surface area contributed by atoms with Gasteiger partial charge in [-0.25, -0.2) is 0 Å². The number of rotatable bonds is 0. The summed E-state index contributed by atoms with van der Waals surface area (Å²) in [6.07, 6.45) is -2.03. The molecule has 0 aromatic rings. The minimum Gasteiger partial charge on any atom is -0.353 e. The summed E-state index contributed by atoms with van der Waals surface area (Å²) in [6.45, 7) is 7.17. The van der Waals surface area contributed by atoms with E-state index in [-0.39, 0.29) is 31.1 Å². The Hall–Kier alpha value is -1.06. The van der Waals surface area contributed by atoms with Crippen LogP contribution in [0.25, 0.3) is 0 Å². The zero-order valence-corrected chi connectivity index (χ0v) is 14.3. The second-order valence-electron chi connectivity index (χ2n) is 7.70. The predicted molar refractivity (Wildman–Crippen MR) is 78.7 cm³/mol. The Morgan fingerprint density at radius 2 is 1.67 bits per heavy atom. The zero-order chi connectivity index (χ0) is 17.3. The van der Waals surface area contributed by atoms with E-state index in [4.69, 9.17) is 23.7 Å². The molecule has 4 saturated heterocycles. The number of hydrogen-bond donors (Lipinski definition) is 1. The van der Waals surface area contributed by atoms with E-state index in [0.29, 0.717) is 0 Å². The molecule has 4 aliphatic heterocycles. The molecule has 4 heterocycles. The van der Waals surface area contributed by atoms with Gasteiger partial charge in [0, 0.05) is 12.8 Å². The van der Waals surface area contributed by atoms with Crippen LogP contribution in [-0.4, -0.2) is 60.0 Å². The summed E-state index contributed by atoms with van der Waals surface area (Å²) in [5, 5.41) is 2.77. The Morgan fingerprint density at radius 3 is 2.42 bits per heavy atom. The number of fused-ring (bicyclic) bond motifs is 4. The number of ether oxygens (including phenoxy) is 5. The van der Waals surface area contributed by atoms with Crippen molar-refractivity contribution < 1.29 is 33.3 Å². The van der Waals surface area contributed by atoms with Gasteiger partial charge >= 0.3 is 0 Å². The Balaban J connectivity index is 1.71. The molecule has 5 atom stereocenters. The van der Waals surface area contributed by atoms with Crippen molar-refractivity contribution in [1.29, 1.82) is 0 Å². The number of nitrogens with one attached hydrogen (secondary N) is 1. The summed E-state index contributed by atoms with van der Waals surface area (Å²) in [7, 11) is 0. The van der Waals surface area contributed by atoms with Crippen LogP contribution in [0, 0.1) is 0 Å². The number of amides is 1. The molecule has 0 radical (unpaired) electrons. The highest BCUT2D eigenvalue weighted by molar-refractivity contribution is 5.94. The highest BCUT2D eigenvalue weighted by atomic mass is 16.9. The molecule has 0 saturated carbocycles. The van der Waals surface area contributed by atoms with Gasteiger partial charge in [0.2, 0.25) is 5.91 Å². The van der Waals surface area contributed by atoms with Crippen LogP contribution in [-0.2, 0) is 33.3 Å². The molecule has 4 aliphatic rings. The molecule has 1 spiro atoms. The standard InChI is InChI=1S/C16H23NO7/c1-14(2)22-11-10-12(20-13(11)23-14)16(24-15(3,4)21-10)7-17-9(19)6-5-8(16)18/h10-13H,5-7H2,1-4H3,(H,17,19)/t10-,11-,12+,13-,16+/m1/s1. The number of Topliss-reactive ketones (excluding diaryl/α,β-unsaturated/α-hetero) is 1. The molecule has 4 rings (SSSR count). The first kappa shape index (κ1) is 16.4. The van der Waals surface area contributed by atoms with E-state index in [9.17, 15) is 9.59 Å². The SMILES string of the molecule is CC1(C)O[C@H]2O[C@H]3[C@H](OC(C)(C)O[C@]34CNC(=O)CCC4=O)[C@H]2O1. The van der Waals surface area contributed by atoms with Crippen LogP contribution in [0.3, 0.4) is 0 Å². The van der Waals surface area contributed by atoms with Crippen LogP contribution in [0.15, 0.2) is 0 Å². The molecular formula is C16H23NO7. The lowest BCUT2D eigenvalue weighted by atomic mass is 9.84. The maximum atomic E-state index is 12.9. The molecule has 0 aromatic carbocycles. The average molecular weight is 341 g/mol. The van der Waals surface area contributed by atoms with E-state index in [0.717, 1.165) is 0 Å². The lowest BCUT2D eigenvalue weighted by Crippen LogP contribution is -2.69. The van der Waals surface area contributed by atoms with Crippen LogP contribution < -0.4 is 5.32 Å². The summed E-state index contributed by atoms with van der Waals surface area (Å²) in [4.78, 5) is 24.6. The fourth-order valence-electron chi connectivity index (χ4n) is 4.04. The van der Waals surface area contributed by atoms with Crippen LogP contribution in [0.1, 0.15) is 40.5 Å². The van der Waals surface area contributed by atoms with Gasteiger partial charge in [-0.05, 0) is 27.7 Å². The lowest BCUT2D eigenvalue weighted by Gasteiger charge is -2.49. The lowest BCUT2D eigenvalue weighted by molar-refractivity contribution is -0.363. The fraction of sp³-hybridized carbons (Fsp3) is 0.875. The Labute approximate surface area is 140 Å². The summed E-state index contributed by atoms with van der Waals surface area (Å²) in [6, 6.07) is 0. The summed E-state index contributed by atoms with van der Waals surface area (Å²) < 4.78 is 29.8. The Kier molecular flexibility index (Phi) is 3.41. The highest BCUT2D eigenvalue weighted by Gasteiger charge is 2.68. The average Bonchev–Trinajstić information content (AvgIpc) is 2.89. The molecule has 24 heavy (non-hydrogen) atoms. The predicted octanol–water partition coefficient (Wildman–Crippen LogP) is 0.232. The Bertz CT molecular complexity index is 589. The van der Waals surface area contributed by atoms with Crippen molar-refractivity contribution in [1.82, 2.24) is 5.32 Å². The van der Waals surface area contributed by atoms with Gasteiger partial charge in [0.15, 0.2) is 29.2 Å². The quantitative estimate of drug-likeness (QED) is 0.674. The van der Waals surface area contributed by atoms with Gasteiger partial charge in [0.25, 0.3) is 0 Å². The van der Waals surface area contributed by atoms with Crippen LogP contribution in [0.2, 0.25) is 0 Å². The molecule has 134 valence electrons. The van der Waals surface area contributed by atoms with Crippen molar-refractivity contribution in [2.24, 2.45) is 0 Å².